The van der Waals surface area contributed by atoms with E-state index in [0.717, 1.165) is 12.1 Å². The summed E-state index contributed by atoms with van der Waals surface area (Å²) in [5.41, 5.74) is 0.0868. The lowest BCUT2D eigenvalue weighted by atomic mass is 9.80. The van der Waals surface area contributed by atoms with Crippen molar-refractivity contribution < 1.29 is 19.1 Å². The summed E-state index contributed by atoms with van der Waals surface area (Å²) in [6.07, 6.45) is 2.71. The number of aromatic hydroxyl groups is 1. The molecule has 0 aliphatic heterocycles. The molecule has 5 heteroatoms. The summed E-state index contributed by atoms with van der Waals surface area (Å²) in [6, 6.07) is 3.43. The molecule has 2 rings (SSSR count). The molecule has 2 N–H and O–H groups in total. The lowest BCUT2D eigenvalue weighted by molar-refractivity contribution is -0.125. The maximum atomic E-state index is 13.1. The van der Waals surface area contributed by atoms with E-state index in [1.165, 1.54) is 6.07 Å². The van der Waals surface area contributed by atoms with Crippen molar-refractivity contribution in [1.29, 1.82) is 0 Å². The summed E-state index contributed by atoms with van der Waals surface area (Å²) >= 11 is 0. The summed E-state index contributed by atoms with van der Waals surface area (Å²) in [5.74, 6) is -0.856. The summed E-state index contributed by atoms with van der Waals surface area (Å²) in [6.45, 7) is 1.58. The second-order valence-electron chi connectivity index (χ2n) is 5.31. The number of Topliss-reactive ketones (excluding diaryl/α,β-unsaturated/α-hetero) is 1. The normalized spacial score (nSPS) is 22.3. The third-order valence-electron chi connectivity index (χ3n) is 3.89. The number of hydrogen-bond acceptors (Lipinski definition) is 3. The van der Waals surface area contributed by atoms with Gasteiger partial charge in [-0.2, -0.15) is 0 Å². The number of halogens is 1. The van der Waals surface area contributed by atoms with Crippen LogP contribution in [0.15, 0.2) is 18.2 Å². The highest BCUT2D eigenvalue weighted by Gasteiger charge is 2.28. The Bertz CT molecular complexity index is 522. The maximum absolute atomic E-state index is 13.1. The minimum absolute atomic E-state index is 0.0571. The number of hydrogen-bond donors (Lipinski definition) is 2. The SMILES string of the molecule is CC(=O)C1CCC(C(=O)Nc2cc(F)ccc2O)CC1. The Morgan fingerprint density at radius 3 is 2.40 bits per heavy atom. The maximum Gasteiger partial charge on any atom is 0.227 e. The number of nitrogens with one attached hydrogen (secondary N) is 1. The van der Waals surface area contributed by atoms with Crippen molar-refractivity contribution >= 4 is 17.4 Å². The number of rotatable bonds is 3. The average Bonchev–Trinajstić information content (AvgIpc) is 2.43. The fraction of sp³-hybridized carbons (Fsp3) is 0.467. The van der Waals surface area contributed by atoms with Crippen molar-refractivity contribution in [2.24, 2.45) is 11.8 Å². The number of anilines is 1. The first-order valence-electron chi connectivity index (χ1n) is 6.77. The minimum Gasteiger partial charge on any atom is -0.506 e. The number of phenolic OH excluding ortho intramolecular Hbond substituents is 1. The molecule has 0 atom stereocenters. The van der Waals surface area contributed by atoms with E-state index in [1.807, 2.05) is 0 Å². The van der Waals surface area contributed by atoms with Crippen LogP contribution in [-0.2, 0) is 9.59 Å². The second kappa shape index (κ2) is 6.03. The molecule has 0 spiro atoms. The predicted molar refractivity (Wildman–Crippen MR) is 72.8 cm³/mol. The van der Waals surface area contributed by atoms with Crippen LogP contribution in [0.4, 0.5) is 10.1 Å². The number of phenols is 1. The Balaban J connectivity index is 1.96. The van der Waals surface area contributed by atoms with E-state index in [9.17, 15) is 19.1 Å². The monoisotopic (exact) mass is 279 g/mol. The third kappa shape index (κ3) is 3.35. The van der Waals surface area contributed by atoms with E-state index in [2.05, 4.69) is 5.32 Å². The molecule has 0 unspecified atom stereocenters. The van der Waals surface area contributed by atoms with Crippen LogP contribution in [0.25, 0.3) is 0 Å². The first kappa shape index (κ1) is 14.5. The van der Waals surface area contributed by atoms with E-state index < -0.39 is 5.82 Å². The number of benzene rings is 1. The Hall–Kier alpha value is -1.91. The van der Waals surface area contributed by atoms with Gasteiger partial charge in [-0.15, -0.1) is 0 Å². The van der Waals surface area contributed by atoms with Gasteiger partial charge in [0.15, 0.2) is 0 Å². The Labute approximate surface area is 117 Å². The molecule has 1 fully saturated rings. The Kier molecular flexibility index (Phi) is 4.37. The highest BCUT2D eigenvalue weighted by atomic mass is 19.1. The number of amides is 1. The first-order valence-corrected chi connectivity index (χ1v) is 6.77. The third-order valence-corrected chi connectivity index (χ3v) is 3.89. The van der Waals surface area contributed by atoms with Crippen molar-refractivity contribution in [3.8, 4) is 5.75 Å². The van der Waals surface area contributed by atoms with Crippen molar-refractivity contribution in [2.45, 2.75) is 32.6 Å². The molecule has 0 aromatic heterocycles. The summed E-state index contributed by atoms with van der Waals surface area (Å²) < 4.78 is 13.1. The van der Waals surface area contributed by atoms with Gasteiger partial charge in [-0.3, -0.25) is 9.59 Å². The molecule has 1 amide bonds. The highest BCUT2D eigenvalue weighted by Crippen LogP contribution is 2.31. The van der Waals surface area contributed by atoms with E-state index in [-0.39, 0.29) is 35.0 Å². The number of ketones is 1. The molecule has 1 aromatic carbocycles. The van der Waals surface area contributed by atoms with Crippen LogP contribution in [0, 0.1) is 17.7 Å². The van der Waals surface area contributed by atoms with E-state index >= 15 is 0 Å². The molecule has 1 aliphatic carbocycles. The van der Waals surface area contributed by atoms with Crippen molar-refractivity contribution in [2.75, 3.05) is 5.32 Å². The van der Waals surface area contributed by atoms with Gasteiger partial charge in [0, 0.05) is 17.9 Å². The summed E-state index contributed by atoms with van der Waals surface area (Å²) in [7, 11) is 0. The zero-order valence-corrected chi connectivity index (χ0v) is 11.4. The van der Waals surface area contributed by atoms with Crippen LogP contribution >= 0.6 is 0 Å². The van der Waals surface area contributed by atoms with Crippen LogP contribution < -0.4 is 5.32 Å². The molecule has 0 heterocycles. The second-order valence-corrected chi connectivity index (χ2v) is 5.31. The molecule has 0 bridgehead atoms. The fourth-order valence-corrected chi connectivity index (χ4v) is 2.61. The molecule has 1 aliphatic rings. The molecule has 20 heavy (non-hydrogen) atoms. The standard InChI is InChI=1S/C15H18FNO3/c1-9(18)10-2-4-11(5-3-10)15(20)17-13-8-12(16)6-7-14(13)19/h6-8,10-11,19H,2-5H2,1H3,(H,17,20). The summed E-state index contributed by atoms with van der Waals surface area (Å²) in [5, 5.41) is 12.1. The highest BCUT2D eigenvalue weighted by molar-refractivity contribution is 5.94. The molecule has 0 radical (unpaired) electrons. The van der Waals surface area contributed by atoms with E-state index in [0.29, 0.717) is 25.7 Å². The van der Waals surface area contributed by atoms with Gasteiger partial charge in [0.1, 0.15) is 17.3 Å². The largest absolute Gasteiger partial charge is 0.506 e. The van der Waals surface area contributed by atoms with E-state index in [4.69, 9.17) is 0 Å². The van der Waals surface area contributed by atoms with Gasteiger partial charge < -0.3 is 10.4 Å². The quantitative estimate of drug-likeness (QED) is 0.836. The molecule has 0 saturated heterocycles. The van der Waals surface area contributed by atoms with Gasteiger partial charge in [-0.1, -0.05) is 0 Å². The van der Waals surface area contributed by atoms with Gasteiger partial charge in [-0.05, 0) is 44.7 Å². The van der Waals surface area contributed by atoms with Crippen LogP contribution in [0.3, 0.4) is 0 Å². The first-order chi connectivity index (χ1) is 9.47. The van der Waals surface area contributed by atoms with Crippen molar-refractivity contribution in [3.63, 3.8) is 0 Å². The van der Waals surface area contributed by atoms with Gasteiger partial charge in [0.05, 0.1) is 5.69 Å². The molecule has 1 aromatic rings. The number of carbonyl (C=O) groups excluding carboxylic acids is 2. The number of carbonyl (C=O) groups is 2. The van der Waals surface area contributed by atoms with Crippen LogP contribution in [0.5, 0.6) is 5.75 Å². The van der Waals surface area contributed by atoms with E-state index in [1.54, 1.807) is 6.92 Å². The summed E-state index contributed by atoms with van der Waals surface area (Å²) in [4.78, 5) is 23.4. The zero-order chi connectivity index (χ0) is 14.7. The Morgan fingerprint density at radius 2 is 1.80 bits per heavy atom. The Morgan fingerprint density at radius 1 is 1.20 bits per heavy atom. The van der Waals surface area contributed by atoms with Crippen LogP contribution in [0.1, 0.15) is 32.6 Å². The van der Waals surface area contributed by atoms with Crippen LogP contribution in [0.2, 0.25) is 0 Å². The van der Waals surface area contributed by atoms with Gasteiger partial charge >= 0.3 is 0 Å². The van der Waals surface area contributed by atoms with Crippen LogP contribution in [-0.4, -0.2) is 16.8 Å². The lowest BCUT2D eigenvalue weighted by Crippen LogP contribution is -2.29. The molecule has 4 nitrogen and oxygen atoms in total. The average molecular weight is 279 g/mol. The smallest absolute Gasteiger partial charge is 0.227 e. The van der Waals surface area contributed by atoms with Gasteiger partial charge in [-0.25, -0.2) is 4.39 Å². The lowest BCUT2D eigenvalue weighted by Gasteiger charge is -2.26. The zero-order valence-electron chi connectivity index (χ0n) is 11.4. The van der Waals surface area contributed by atoms with Crippen molar-refractivity contribution in [1.82, 2.24) is 0 Å². The van der Waals surface area contributed by atoms with Crippen molar-refractivity contribution in [3.05, 3.63) is 24.0 Å². The molecular weight excluding hydrogens is 261 g/mol. The fourth-order valence-electron chi connectivity index (χ4n) is 2.61. The molecule has 1 saturated carbocycles. The van der Waals surface area contributed by atoms with Gasteiger partial charge in [0.2, 0.25) is 5.91 Å². The minimum atomic E-state index is -0.515. The van der Waals surface area contributed by atoms with Gasteiger partial charge in [0.25, 0.3) is 0 Å². The topological polar surface area (TPSA) is 66.4 Å². The predicted octanol–water partition coefficient (Wildman–Crippen LogP) is 2.87. The molecular formula is C15H18FNO3. The molecule has 108 valence electrons.